The van der Waals surface area contributed by atoms with Crippen molar-refractivity contribution < 1.29 is 4.79 Å². The molecule has 5 heteroatoms. The van der Waals surface area contributed by atoms with Crippen molar-refractivity contribution >= 4 is 5.91 Å². The fourth-order valence-corrected chi connectivity index (χ4v) is 2.12. The largest absolute Gasteiger partial charge is 0.351 e. The maximum atomic E-state index is 12.0. The Morgan fingerprint density at radius 3 is 2.80 bits per heavy atom. The number of nitrogens with zero attached hydrogens (tertiary/aromatic N) is 2. The van der Waals surface area contributed by atoms with Crippen molar-refractivity contribution in [2.45, 2.75) is 25.9 Å². The third-order valence-electron chi connectivity index (χ3n) is 3.27. The number of aromatic nitrogens is 2. The summed E-state index contributed by atoms with van der Waals surface area (Å²) in [5, 5.41) is 10.2. The number of hydrogen-bond donors (Lipinski definition) is 2. The normalized spacial score (nSPS) is 12.1. The fraction of sp³-hybridized carbons (Fsp3) is 0.333. The zero-order valence-electron chi connectivity index (χ0n) is 11.8. The molecule has 20 heavy (non-hydrogen) atoms. The van der Waals surface area contributed by atoms with E-state index in [2.05, 4.69) is 15.7 Å². The van der Waals surface area contributed by atoms with Gasteiger partial charge in [-0.1, -0.05) is 25.1 Å². The molecular weight excluding hydrogens is 252 g/mol. The van der Waals surface area contributed by atoms with Crippen molar-refractivity contribution in [3.8, 4) is 5.69 Å². The average Bonchev–Trinajstić information content (AvgIpc) is 3.01. The highest BCUT2D eigenvalue weighted by Crippen LogP contribution is 2.13. The molecule has 2 rings (SSSR count). The van der Waals surface area contributed by atoms with Gasteiger partial charge in [0.25, 0.3) is 0 Å². The van der Waals surface area contributed by atoms with E-state index in [9.17, 15) is 4.79 Å². The van der Waals surface area contributed by atoms with Crippen LogP contribution < -0.4 is 10.6 Å². The van der Waals surface area contributed by atoms with Gasteiger partial charge in [0.15, 0.2) is 0 Å². The molecule has 0 aliphatic carbocycles. The Morgan fingerprint density at radius 2 is 2.15 bits per heavy atom. The molecule has 0 spiro atoms. The number of hydrogen-bond acceptors (Lipinski definition) is 3. The number of para-hydroxylation sites is 1. The van der Waals surface area contributed by atoms with E-state index in [0.29, 0.717) is 6.54 Å². The van der Waals surface area contributed by atoms with Crippen LogP contribution >= 0.6 is 0 Å². The van der Waals surface area contributed by atoms with Gasteiger partial charge < -0.3 is 10.6 Å². The molecule has 0 fully saturated rings. The molecule has 106 valence electrons. The van der Waals surface area contributed by atoms with Gasteiger partial charge in [-0.3, -0.25) is 4.79 Å². The Bertz CT molecular complexity index is 547. The van der Waals surface area contributed by atoms with Crippen LogP contribution in [-0.2, 0) is 11.3 Å². The zero-order valence-corrected chi connectivity index (χ0v) is 11.8. The van der Waals surface area contributed by atoms with Crippen LogP contribution in [0.3, 0.4) is 0 Å². The highest BCUT2D eigenvalue weighted by Gasteiger charge is 2.14. The summed E-state index contributed by atoms with van der Waals surface area (Å²) in [6, 6.07) is 9.64. The lowest BCUT2D eigenvalue weighted by Crippen LogP contribution is -2.41. The highest BCUT2D eigenvalue weighted by atomic mass is 16.2. The summed E-state index contributed by atoms with van der Waals surface area (Å²) < 4.78 is 1.80. The molecule has 5 nitrogen and oxygen atoms in total. The number of carbonyl (C=O) groups is 1. The van der Waals surface area contributed by atoms with Crippen LogP contribution in [0.4, 0.5) is 0 Å². The summed E-state index contributed by atoms with van der Waals surface area (Å²) in [6.45, 7) is 2.48. The van der Waals surface area contributed by atoms with E-state index in [1.807, 2.05) is 43.5 Å². The first-order valence-corrected chi connectivity index (χ1v) is 6.79. The first kappa shape index (κ1) is 14.3. The van der Waals surface area contributed by atoms with Gasteiger partial charge in [0, 0.05) is 18.9 Å². The third kappa shape index (κ3) is 3.24. The zero-order chi connectivity index (χ0) is 14.4. The van der Waals surface area contributed by atoms with Crippen molar-refractivity contribution in [3.05, 3.63) is 48.3 Å². The molecule has 1 atom stereocenters. The van der Waals surface area contributed by atoms with E-state index in [1.165, 1.54) is 0 Å². The smallest absolute Gasteiger partial charge is 0.237 e. The predicted octanol–water partition coefficient (Wildman–Crippen LogP) is 1.49. The minimum atomic E-state index is -0.146. The molecule has 0 saturated heterocycles. The van der Waals surface area contributed by atoms with Crippen molar-refractivity contribution in [3.63, 3.8) is 0 Å². The van der Waals surface area contributed by atoms with Crippen LogP contribution in [0.2, 0.25) is 0 Å². The van der Waals surface area contributed by atoms with E-state index in [0.717, 1.165) is 17.7 Å². The Hall–Kier alpha value is -2.14. The van der Waals surface area contributed by atoms with E-state index >= 15 is 0 Å². The van der Waals surface area contributed by atoms with Gasteiger partial charge in [0.1, 0.15) is 0 Å². The van der Waals surface area contributed by atoms with Crippen molar-refractivity contribution in [2.75, 3.05) is 7.05 Å². The number of amides is 1. The van der Waals surface area contributed by atoms with Gasteiger partial charge in [0.2, 0.25) is 5.91 Å². The second-order valence-corrected chi connectivity index (χ2v) is 4.55. The van der Waals surface area contributed by atoms with E-state index in [4.69, 9.17) is 0 Å². The number of benzene rings is 1. The Balaban J connectivity index is 2.09. The number of likely N-dealkylation sites (N-methyl/N-ethyl adjacent to an activating group) is 1. The van der Waals surface area contributed by atoms with Gasteiger partial charge in [-0.05, 0) is 31.2 Å². The summed E-state index contributed by atoms with van der Waals surface area (Å²) in [4.78, 5) is 12.0. The van der Waals surface area contributed by atoms with Gasteiger partial charge in [0.05, 0.1) is 11.7 Å². The summed E-state index contributed by atoms with van der Waals surface area (Å²) in [5.74, 6) is 0.0188. The SMILES string of the molecule is CC[C@H](NC)C(=O)NCc1ccccc1-n1cccn1. The second-order valence-electron chi connectivity index (χ2n) is 4.55. The van der Waals surface area contributed by atoms with Gasteiger partial charge in [-0.2, -0.15) is 5.10 Å². The van der Waals surface area contributed by atoms with Crippen LogP contribution in [0.1, 0.15) is 18.9 Å². The fourth-order valence-electron chi connectivity index (χ4n) is 2.12. The molecule has 0 aliphatic rings. The summed E-state index contributed by atoms with van der Waals surface area (Å²) in [7, 11) is 1.80. The van der Waals surface area contributed by atoms with Crippen molar-refractivity contribution in [1.29, 1.82) is 0 Å². The highest BCUT2D eigenvalue weighted by molar-refractivity contribution is 5.81. The maximum Gasteiger partial charge on any atom is 0.237 e. The molecule has 1 amide bonds. The first-order valence-electron chi connectivity index (χ1n) is 6.79. The summed E-state index contributed by atoms with van der Waals surface area (Å²) in [6.07, 6.45) is 4.40. The van der Waals surface area contributed by atoms with Gasteiger partial charge in [-0.15, -0.1) is 0 Å². The first-order chi connectivity index (χ1) is 9.76. The lowest BCUT2D eigenvalue weighted by molar-refractivity contribution is -0.123. The Kier molecular flexibility index (Phi) is 4.90. The molecule has 0 saturated carbocycles. The molecule has 1 aromatic heterocycles. The van der Waals surface area contributed by atoms with Crippen LogP contribution in [0, 0.1) is 0 Å². The third-order valence-corrected chi connectivity index (χ3v) is 3.27. The molecule has 0 unspecified atom stereocenters. The Morgan fingerprint density at radius 1 is 1.35 bits per heavy atom. The van der Waals surface area contributed by atoms with Crippen LogP contribution in [0.5, 0.6) is 0 Å². The maximum absolute atomic E-state index is 12.0. The van der Waals surface area contributed by atoms with E-state index in [-0.39, 0.29) is 11.9 Å². The lowest BCUT2D eigenvalue weighted by atomic mass is 10.1. The summed E-state index contributed by atoms with van der Waals surface area (Å²) >= 11 is 0. The monoisotopic (exact) mass is 272 g/mol. The predicted molar refractivity (Wildman–Crippen MR) is 78.5 cm³/mol. The lowest BCUT2D eigenvalue weighted by Gasteiger charge is -2.15. The number of rotatable bonds is 6. The topological polar surface area (TPSA) is 59.0 Å². The number of carbonyl (C=O) groups excluding carboxylic acids is 1. The minimum absolute atomic E-state index is 0.0188. The van der Waals surface area contributed by atoms with Gasteiger partial charge in [-0.25, -0.2) is 4.68 Å². The summed E-state index contributed by atoms with van der Waals surface area (Å²) in [5.41, 5.74) is 2.02. The minimum Gasteiger partial charge on any atom is -0.351 e. The molecule has 2 N–H and O–H groups in total. The van der Waals surface area contributed by atoms with Crippen LogP contribution in [-0.4, -0.2) is 28.8 Å². The van der Waals surface area contributed by atoms with E-state index in [1.54, 1.807) is 17.9 Å². The molecule has 0 aliphatic heterocycles. The van der Waals surface area contributed by atoms with E-state index < -0.39 is 0 Å². The van der Waals surface area contributed by atoms with Crippen molar-refractivity contribution in [1.82, 2.24) is 20.4 Å². The quantitative estimate of drug-likeness (QED) is 0.837. The van der Waals surface area contributed by atoms with Crippen LogP contribution in [0.15, 0.2) is 42.7 Å². The molecular formula is C15H20N4O. The number of nitrogens with one attached hydrogen (secondary N) is 2. The molecule has 1 heterocycles. The average molecular weight is 272 g/mol. The van der Waals surface area contributed by atoms with Crippen molar-refractivity contribution in [2.24, 2.45) is 0 Å². The Labute approximate surface area is 119 Å². The standard InChI is InChI=1S/C15H20N4O/c1-3-13(16-2)15(20)17-11-12-7-4-5-8-14(12)19-10-6-9-18-19/h4-10,13,16H,3,11H2,1-2H3,(H,17,20)/t13-/m0/s1. The molecule has 2 aromatic rings. The second kappa shape index (κ2) is 6.86. The van der Waals surface area contributed by atoms with Gasteiger partial charge >= 0.3 is 0 Å². The molecule has 1 aromatic carbocycles. The molecule has 0 bridgehead atoms. The molecule has 0 radical (unpaired) electrons. The van der Waals surface area contributed by atoms with Crippen LogP contribution in [0.25, 0.3) is 5.69 Å².